The molecular formula is C20H29N3O. The molecular weight excluding hydrogens is 298 g/mol. The minimum Gasteiger partial charge on any atom is -0.494 e. The zero-order chi connectivity index (χ0) is 16.2. The number of piperidine rings is 2. The second-order valence-corrected chi connectivity index (χ2v) is 7.30. The lowest BCUT2D eigenvalue weighted by atomic mass is 10.0. The van der Waals surface area contributed by atoms with Crippen LogP contribution in [-0.2, 0) is 6.54 Å². The summed E-state index contributed by atoms with van der Waals surface area (Å²) >= 11 is 0. The first-order valence-electron chi connectivity index (χ1n) is 9.69. The molecule has 4 nitrogen and oxygen atoms in total. The number of aliphatic imine (C=N–C) groups is 1. The van der Waals surface area contributed by atoms with E-state index in [1.54, 1.807) is 0 Å². The molecule has 3 aliphatic heterocycles. The third-order valence-corrected chi connectivity index (χ3v) is 5.44. The summed E-state index contributed by atoms with van der Waals surface area (Å²) in [6, 6.07) is 6.42. The Bertz CT molecular complexity index is 593. The molecule has 0 aliphatic carbocycles. The zero-order valence-electron chi connectivity index (χ0n) is 14.7. The van der Waals surface area contributed by atoms with Crippen LogP contribution in [0.15, 0.2) is 23.2 Å². The highest BCUT2D eigenvalue weighted by atomic mass is 16.5. The quantitative estimate of drug-likeness (QED) is 0.766. The second-order valence-electron chi connectivity index (χ2n) is 7.30. The summed E-state index contributed by atoms with van der Waals surface area (Å²) in [6.07, 6.45) is 8.96. The molecule has 0 amide bonds. The molecule has 24 heavy (non-hydrogen) atoms. The zero-order valence-corrected chi connectivity index (χ0v) is 14.7. The fraction of sp³-hybridized carbons (Fsp3) is 0.650. The summed E-state index contributed by atoms with van der Waals surface area (Å²) in [4.78, 5) is 9.86. The first-order valence-corrected chi connectivity index (χ1v) is 9.69. The van der Waals surface area contributed by atoms with Crippen molar-refractivity contribution in [2.45, 2.75) is 51.5 Å². The maximum Gasteiger partial charge on any atom is 0.119 e. The van der Waals surface area contributed by atoms with Crippen LogP contribution in [0.3, 0.4) is 0 Å². The number of rotatable bonds is 5. The molecule has 0 atom stereocenters. The first-order chi connectivity index (χ1) is 11.9. The molecule has 3 heterocycles. The number of ether oxygens (including phenoxy) is 1. The van der Waals surface area contributed by atoms with Crippen molar-refractivity contribution >= 4 is 11.5 Å². The van der Waals surface area contributed by atoms with E-state index < -0.39 is 0 Å². The Morgan fingerprint density at radius 2 is 1.88 bits per heavy atom. The average molecular weight is 327 g/mol. The Kier molecular flexibility index (Phi) is 5.02. The van der Waals surface area contributed by atoms with Gasteiger partial charge in [0.15, 0.2) is 0 Å². The number of likely N-dealkylation sites (tertiary alicyclic amines) is 1. The molecule has 1 aromatic rings. The molecule has 2 fully saturated rings. The van der Waals surface area contributed by atoms with Gasteiger partial charge >= 0.3 is 0 Å². The largest absolute Gasteiger partial charge is 0.494 e. The Morgan fingerprint density at radius 3 is 2.79 bits per heavy atom. The maximum absolute atomic E-state index is 6.01. The fourth-order valence-electron chi connectivity index (χ4n) is 4.06. The Morgan fingerprint density at radius 1 is 1.00 bits per heavy atom. The van der Waals surface area contributed by atoms with Crippen LogP contribution in [0, 0.1) is 0 Å². The second kappa shape index (κ2) is 7.56. The third kappa shape index (κ3) is 3.75. The van der Waals surface area contributed by atoms with E-state index in [-0.39, 0.29) is 0 Å². The van der Waals surface area contributed by atoms with Gasteiger partial charge in [-0.05, 0) is 63.4 Å². The van der Waals surface area contributed by atoms with Gasteiger partial charge in [-0.2, -0.15) is 0 Å². The van der Waals surface area contributed by atoms with Crippen LogP contribution >= 0.6 is 0 Å². The van der Waals surface area contributed by atoms with Gasteiger partial charge in [-0.3, -0.25) is 0 Å². The van der Waals surface area contributed by atoms with Gasteiger partial charge in [0.1, 0.15) is 11.6 Å². The van der Waals surface area contributed by atoms with Gasteiger partial charge in [-0.25, -0.2) is 4.99 Å². The van der Waals surface area contributed by atoms with E-state index in [2.05, 4.69) is 28.0 Å². The summed E-state index contributed by atoms with van der Waals surface area (Å²) < 4.78 is 6.01. The van der Waals surface area contributed by atoms with Crippen LogP contribution in [0.25, 0.3) is 0 Å². The van der Waals surface area contributed by atoms with Crippen LogP contribution in [0.4, 0.5) is 5.69 Å². The molecule has 0 radical (unpaired) electrons. The summed E-state index contributed by atoms with van der Waals surface area (Å²) in [7, 11) is 0. The van der Waals surface area contributed by atoms with Gasteiger partial charge in [-0.1, -0.05) is 6.42 Å². The van der Waals surface area contributed by atoms with E-state index in [4.69, 9.17) is 9.73 Å². The van der Waals surface area contributed by atoms with Crippen molar-refractivity contribution in [1.29, 1.82) is 0 Å². The molecule has 4 rings (SSSR count). The minimum atomic E-state index is 0.813. The summed E-state index contributed by atoms with van der Waals surface area (Å²) in [5, 5.41) is 0. The third-order valence-electron chi connectivity index (χ3n) is 5.44. The number of amidine groups is 1. The van der Waals surface area contributed by atoms with Crippen molar-refractivity contribution in [3.8, 4) is 5.75 Å². The van der Waals surface area contributed by atoms with Gasteiger partial charge < -0.3 is 14.5 Å². The topological polar surface area (TPSA) is 28.1 Å². The lowest BCUT2D eigenvalue weighted by molar-refractivity contribution is 0.205. The van der Waals surface area contributed by atoms with Gasteiger partial charge in [0.05, 0.1) is 12.3 Å². The Balaban J connectivity index is 1.30. The average Bonchev–Trinajstić information content (AvgIpc) is 2.64. The van der Waals surface area contributed by atoms with Crippen LogP contribution in [0.1, 0.15) is 50.5 Å². The molecule has 0 spiro atoms. The van der Waals surface area contributed by atoms with Gasteiger partial charge in [-0.15, -0.1) is 0 Å². The predicted octanol–water partition coefficient (Wildman–Crippen LogP) is 3.97. The molecule has 1 aromatic carbocycles. The molecule has 130 valence electrons. The predicted molar refractivity (Wildman–Crippen MR) is 98.2 cm³/mol. The normalized spacial score (nSPS) is 21.0. The van der Waals surface area contributed by atoms with Gasteiger partial charge in [0.25, 0.3) is 0 Å². The molecule has 0 saturated carbocycles. The van der Waals surface area contributed by atoms with Crippen molar-refractivity contribution in [1.82, 2.24) is 9.80 Å². The number of hydrogen-bond donors (Lipinski definition) is 0. The van der Waals surface area contributed by atoms with E-state index >= 15 is 0 Å². The summed E-state index contributed by atoms with van der Waals surface area (Å²) in [5.41, 5.74) is 2.46. The highest BCUT2D eigenvalue weighted by Crippen LogP contribution is 2.32. The van der Waals surface area contributed by atoms with E-state index in [9.17, 15) is 0 Å². The smallest absolute Gasteiger partial charge is 0.119 e. The Labute approximate surface area is 145 Å². The SMILES string of the molecule is c1cc2c(cc1OCCCN1CCCCC1)CN1CCCCC1=N2. The van der Waals surface area contributed by atoms with E-state index in [0.29, 0.717) is 0 Å². The van der Waals surface area contributed by atoms with E-state index in [0.717, 1.165) is 44.0 Å². The molecule has 0 N–H and O–H groups in total. The number of hydrogen-bond acceptors (Lipinski definition) is 4. The number of benzene rings is 1. The van der Waals surface area contributed by atoms with Crippen molar-refractivity contribution in [2.75, 3.05) is 32.8 Å². The van der Waals surface area contributed by atoms with Gasteiger partial charge in [0, 0.05) is 31.6 Å². The molecule has 3 aliphatic rings. The maximum atomic E-state index is 6.01. The Hall–Kier alpha value is -1.55. The van der Waals surface area contributed by atoms with Crippen molar-refractivity contribution in [3.05, 3.63) is 23.8 Å². The standard InChI is InChI=1S/C20H29N3O/c1-3-10-22(11-4-1)12-6-14-24-18-8-9-19-17(15-18)16-23-13-5-2-7-20(23)21-19/h8-9,15H,1-7,10-14,16H2. The van der Waals surface area contributed by atoms with Crippen molar-refractivity contribution in [3.63, 3.8) is 0 Å². The summed E-state index contributed by atoms with van der Waals surface area (Å²) in [6.45, 7) is 6.68. The highest BCUT2D eigenvalue weighted by molar-refractivity contribution is 5.87. The lowest BCUT2D eigenvalue weighted by Gasteiger charge is -2.34. The van der Waals surface area contributed by atoms with Crippen LogP contribution in [0.2, 0.25) is 0 Å². The lowest BCUT2D eigenvalue weighted by Crippen LogP contribution is -2.36. The van der Waals surface area contributed by atoms with E-state index in [1.807, 2.05) is 0 Å². The van der Waals surface area contributed by atoms with Crippen LogP contribution in [0.5, 0.6) is 5.75 Å². The minimum absolute atomic E-state index is 0.813. The van der Waals surface area contributed by atoms with Crippen LogP contribution in [-0.4, -0.2) is 48.4 Å². The molecule has 2 saturated heterocycles. The van der Waals surface area contributed by atoms with Crippen LogP contribution < -0.4 is 4.74 Å². The number of nitrogens with zero attached hydrogens (tertiary/aromatic N) is 3. The van der Waals surface area contributed by atoms with Crippen molar-refractivity contribution < 1.29 is 4.74 Å². The molecule has 0 aromatic heterocycles. The molecule has 4 heteroatoms. The van der Waals surface area contributed by atoms with Gasteiger partial charge in [0.2, 0.25) is 0 Å². The summed E-state index contributed by atoms with van der Waals surface area (Å²) in [5.74, 6) is 2.28. The first kappa shape index (κ1) is 15.9. The monoisotopic (exact) mass is 327 g/mol. The fourth-order valence-corrected chi connectivity index (χ4v) is 4.06. The molecule has 0 bridgehead atoms. The molecule has 0 unspecified atom stereocenters. The number of fused-ring (bicyclic) bond motifs is 2. The van der Waals surface area contributed by atoms with Crippen molar-refractivity contribution in [2.24, 2.45) is 4.99 Å². The highest BCUT2D eigenvalue weighted by Gasteiger charge is 2.22. The van der Waals surface area contributed by atoms with E-state index in [1.165, 1.54) is 63.1 Å².